The summed E-state index contributed by atoms with van der Waals surface area (Å²) < 4.78 is 0. The molecule has 1 heterocycles. The molecule has 0 amide bonds. The average Bonchev–Trinajstić information content (AvgIpc) is 2.33. The third-order valence-electron chi connectivity index (χ3n) is 3.31. The summed E-state index contributed by atoms with van der Waals surface area (Å²) in [6.45, 7) is 5.20. The van der Waals surface area contributed by atoms with E-state index in [-0.39, 0.29) is 0 Å². The van der Waals surface area contributed by atoms with Gasteiger partial charge >= 0.3 is 0 Å². The molecule has 1 aromatic carbocycles. The number of benzene rings is 1. The van der Waals surface area contributed by atoms with Crippen LogP contribution in [0.25, 0.3) is 0 Å². The molecule has 1 atom stereocenters. The minimum atomic E-state index is 0.420. The van der Waals surface area contributed by atoms with E-state index in [1.165, 1.54) is 5.56 Å². The highest BCUT2D eigenvalue weighted by molar-refractivity contribution is 5.79. The van der Waals surface area contributed by atoms with Crippen LogP contribution in [-0.4, -0.2) is 30.3 Å². The quantitative estimate of drug-likeness (QED) is 0.775. The van der Waals surface area contributed by atoms with Gasteiger partial charge in [0.25, 0.3) is 0 Å². The molecule has 2 nitrogen and oxygen atoms in total. The van der Waals surface area contributed by atoms with Gasteiger partial charge in [0.2, 0.25) is 0 Å². The van der Waals surface area contributed by atoms with Crippen LogP contribution in [0.5, 0.6) is 0 Å². The van der Waals surface area contributed by atoms with Gasteiger partial charge in [-0.1, -0.05) is 37.3 Å². The van der Waals surface area contributed by atoms with Gasteiger partial charge in [-0.3, -0.25) is 4.79 Å². The first kappa shape index (κ1) is 11.3. The van der Waals surface area contributed by atoms with E-state index in [2.05, 4.69) is 42.2 Å². The van der Waals surface area contributed by atoms with Crippen molar-refractivity contribution in [2.75, 3.05) is 19.6 Å². The number of hydrogen-bond donors (Lipinski definition) is 0. The lowest BCUT2D eigenvalue weighted by molar-refractivity contribution is -0.121. The summed E-state index contributed by atoms with van der Waals surface area (Å²) in [5, 5.41) is 0. The van der Waals surface area contributed by atoms with Crippen molar-refractivity contribution < 1.29 is 4.79 Å². The number of hydrogen-bond acceptors (Lipinski definition) is 2. The van der Waals surface area contributed by atoms with E-state index in [0.717, 1.165) is 32.5 Å². The van der Waals surface area contributed by atoms with Gasteiger partial charge in [0.05, 0.1) is 0 Å². The van der Waals surface area contributed by atoms with Crippen LogP contribution in [0.2, 0.25) is 0 Å². The highest BCUT2D eigenvalue weighted by atomic mass is 16.1. The SMILES string of the molecule is CC(CN1CCC(=O)CC1)c1ccccc1. The van der Waals surface area contributed by atoms with Gasteiger partial charge in [-0.15, -0.1) is 0 Å². The van der Waals surface area contributed by atoms with Gasteiger partial charge in [0.15, 0.2) is 0 Å². The van der Waals surface area contributed by atoms with Crippen LogP contribution in [0.1, 0.15) is 31.2 Å². The van der Waals surface area contributed by atoms with E-state index in [4.69, 9.17) is 0 Å². The molecule has 16 heavy (non-hydrogen) atoms. The molecule has 2 rings (SSSR count). The van der Waals surface area contributed by atoms with E-state index < -0.39 is 0 Å². The Hall–Kier alpha value is -1.15. The number of Topliss-reactive ketones (excluding diaryl/α,β-unsaturated/α-hetero) is 1. The van der Waals surface area contributed by atoms with Gasteiger partial charge in [-0.2, -0.15) is 0 Å². The van der Waals surface area contributed by atoms with Crippen LogP contribution < -0.4 is 0 Å². The Kier molecular flexibility index (Phi) is 3.73. The molecule has 0 saturated carbocycles. The molecule has 1 aromatic rings. The van der Waals surface area contributed by atoms with Gasteiger partial charge < -0.3 is 4.90 Å². The molecule has 1 aliphatic heterocycles. The molecule has 0 radical (unpaired) electrons. The van der Waals surface area contributed by atoms with Crippen LogP contribution in [0, 0.1) is 0 Å². The number of carbonyl (C=O) groups is 1. The summed E-state index contributed by atoms with van der Waals surface area (Å²) in [6.07, 6.45) is 1.48. The average molecular weight is 217 g/mol. The van der Waals surface area contributed by atoms with Gasteiger partial charge in [0.1, 0.15) is 5.78 Å². The van der Waals surface area contributed by atoms with Crippen molar-refractivity contribution in [1.29, 1.82) is 0 Å². The van der Waals surface area contributed by atoms with Crippen molar-refractivity contribution in [3.05, 3.63) is 35.9 Å². The lowest BCUT2D eigenvalue weighted by atomic mass is 9.99. The predicted molar refractivity (Wildman–Crippen MR) is 65.5 cm³/mol. The molecule has 86 valence electrons. The highest BCUT2D eigenvalue weighted by Gasteiger charge is 2.18. The summed E-state index contributed by atoms with van der Waals surface area (Å²) in [4.78, 5) is 13.5. The number of nitrogens with zero attached hydrogens (tertiary/aromatic N) is 1. The fourth-order valence-corrected chi connectivity index (χ4v) is 2.26. The molecule has 0 aromatic heterocycles. The largest absolute Gasteiger partial charge is 0.302 e. The second-order valence-electron chi connectivity index (χ2n) is 4.65. The minimum Gasteiger partial charge on any atom is -0.302 e. The number of rotatable bonds is 3. The third-order valence-corrected chi connectivity index (χ3v) is 3.31. The minimum absolute atomic E-state index is 0.420. The molecule has 1 fully saturated rings. The Balaban J connectivity index is 1.88. The fourth-order valence-electron chi connectivity index (χ4n) is 2.26. The lowest BCUT2D eigenvalue weighted by Gasteiger charge is -2.28. The van der Waals surface area contributed by atoms with Gasteiger partial charge in [0, 0.05) is 32.5 Å². The molecule has 0 spiro atoms. The van der Waals surface area contributed by atoms with E-state index >= 15 is 0 Å². The van der Waals surface area contributed by atoms with Crippen molar-refractivity contribution >= 4 is 5.78 Å². The molecular weight excluding hydrogens is 198 g/mol. The highest BCUT2D eigenvalue weighted by Crippen LogP contribution is 2.17. The summed E-state index contributed by atoms with van der Waals surface area (Å²) in [5.74, 6) is 0.970. The summed E-state index contributed by atoms with van der Waals surface area (Å²) in [7, 11) is 0. The Labute approximate surface area is 97.3 Å². The number of likely N-dealkylation sites (tertiary alicyclic amines) is 1. The zero-order valence-electron chi connectivity index (χ0n) is 9.86. The predicted octanol–water partition coefficient (Wildman–Crippen LogP) is 2.46. The molecule has 1 saturated heterocycles. The molecule has 0 N–H and O–H groups in total. The smallest absolute Gasteiger partial charge is 0.135 e. The Morgan fingerprint density at radius 3 is 2.44 bits per heavy atom. The molecule has 2 heteroatoms. The van der Waals surface area contributed by atoms with Crippen LogP contribution in [0.15, 0.2) is 30.3 Å². The molecule has 0 bridgehead atoms. The number of ketones is 1. The molecule has 0 aliphatic carbocycles. The summed E-state index contributed by atoms with van der Waals surface area (Å²) in [5.41, 5.74) is 1.39. The fraction of sp³-hybridized carbons (Fsp3) is 0.500. The summed E-state index contributed by atoms with van der Waals surface area (Å²) >= 11 is 0. The molecule has 1 unspecified atom stereocenters. The zero-order valence-corrected chi connectivity index (χ0v) is 9.86. The monoisotopic (exact) mass is 217 g/mol. The number of piperidine rings is 1. The Morgan fingerprint density at radius 2 is 1.81 bits per heavy atom. The van der Waals surface area contributed by atoms with Crippen LogP contribution >= 0.6 is 0 Å². The third kappa shape index (κ3) is 2.92. The Bertz CT molecular complexity index is 337. The standard InChI is InChI=1S/C14H19NO/c1-12(13-5-3-2-4-6-13)11-15-9-7-14(16)8-10-15/h2-6,12H,7-11H2,1H3. The lowest BCUT2D eigenvalue weighted by Crippen LogP contribution is -2.36. The first-order valence-corrected chi connectivity index (χ1v) is 6.04. The molecular formula is C14H19NO. The topological polar surface area (TPSA) is 20.3 Å². The maximum absolute atomic E-state index is 11.1. The van der Waals surface area contributed by atoms with Crippen molar-refractivity contribution in [3.8, 4) is 0 Å². The van der Waals surface area contributed by atoms with Crippen LogP contribution in [0.4, 0.5) is 0 Å². The van der Waals surface area contributed by atoms with E-state index in [1.54, 1.807) is 0 Å². The second-order valence-corrected chi connectivity index (χ2v) is 4.65. The normalized spacial score (nSPS) is 19.7. The maximum Gasteiger partial charge on any atom is 0.135 e. The first-order valence-electron chi connectivity index (χ1n) is 6.04. The van der Waals surface area contributed by atoms with Crippen LogP contribution in [0.3, 0.4) is 0 Å². The van der Waals surface area contributed by atoms with Crippen molar-refractivity contribution in [1.82, 2.24) is 4.90 Å². The Morgan fingerprint density at radius 1 is 1.19 bits per heavy atom. The first-order chi connectivity index (χ1) is 7.75. The number of carbonyl (C=O) groups excluding carboxylic acids is 1. The zero-order chi connectivity index (χ0) is 11.4. The van der Waals surface area contributed by atoms with Crippen molar-refractivity contribution in [2.45, 2.75) is 25.7 Å². The second kappa shape index (κ2) is 5.26. The van der Waals surface area contributed by atoms with E-state index in [9.17, 15) is 4.79 Å². The van der Waals surface area contributed by atoms with Crippen LogP contribution in [-0.2, 0) is 4.79 Å². The summed E-state index contributed by atoms with van der Waals surface area (Å²) in [6, 6.07) is 10.6. The maximum atomic E-state index is 11.1. The van der Waals surface area contributed by atoms with E-state index in [0.29, 0.717) is 11.7 Å². The van der Waals surface area contributed by atoms with E-state index in [1.807, 2.05) is 0 Å². The van der Waals surface area contributed by atoms with Crippen molar-refractivity contribution in [3.63, 3.8) is 0 Å². The molecule has 1 aliphatic rings. The van der Waals surface area contributed by atoms with Gasteiger partial charge in [-0.25, -0.2) is 0 Å². The van der Waals surface area contributed by atoms with Crippen molar-refractivity contribution in [2.24, 2.45) is 0 Å². The van der Waals surface area contributed by atoms with Gasteiger partial charge in [-0.05, 0) is 11.5 Å².